The van der Waals surface area contributed by atoms with Gasteiger partial charge in [0, 0.05) is 25.1 Å². The average Bonchev–Trinajstić information content (AvgIpc) is 2.26. The molecule has 1 saturated heterocycles. The molecule has 1 aromatic rings. The second-order valence-electron chi connectivity index (χ2n) is 5.33. The van der Waals surface area contributed by atoms with Crippen LogP contribution in [0.3, 0.4) is 0 Å². The minimum Gasteiger partial charge on any atom is -0.384 e. The molecule has 18 heavy (non-hydrogen) atoms. The van der Waals surface area contributed by atoms with E-state index in [-0.39, 0.29) is 18.1 Å². The first kappa shape index (κ1) is 13.1. The van der Waals surface area contributed by atoms with Gasteiger partial charge in [0.1, 0.15) is 17.5 Å². The van der Waals surface area contributed by atoms with Gasteiger partial charge in [0.25, 0.3) is 0 Å². The molecule has 0 aliphatic carbocycles. The molecule has 2 heterocycles. The maximum atomic E-state index is 5.86. The van der Waals surface area contributed by atoms with Crippen molar-refractivity contribution in [2.24, 2.45) is 0 Å². The van der Waals surface area contributed by atoms with Crippen LogP contribution in [0.1, 0.15) is 39.4 Å². The van der Waals surface area contributed by atoms with E-state index in [1.165, 1.54) is 0 Å². The molecule has 1 aromatic heterocycles. The molecular weight excluding hydrogens is 228 g/mol. The van der Waals surface area contributed by atoms with Gasteiger partial charge in [0.2, 0.25) is 0 Å². The number of morpholine rings is 1. The Labute approximate surface area is 108 Å². The quantitative estimate of drug-likeness (QED) is 0.867. The summed E-state index contributed by atoms with van der Waals surface area (Å²) in [5.41, 5.74) is 5.86. The zero-order valence-electron chi connectivity index (χ0n) is 11.6. The van der Waals surface area contributed by atoms with Gasteiger partial charge in [-0.05, 0) is 13.8 Å². The van der Waals surface area contributed by atoms with Crippen LogP contribution in [0.2, 0.25) is 0 Å². The van der Waals surface area contributed by atoms with Crippen molar-refractivity contribution < 1.29 is 4.74 Å². The summed E-state index contributed by atoms with van der Waals surface area (Å²) >= 11 is 0. The number of ether oxygens (including phenoxy) is 1. The van der Waals surface area contributed by atoms with Crippen molar-refractivity contribution in [3.05, 3.63) is 11.9 Å². The van der Waals surface area contributed by atoms with Crippen molar-refractivity contribution in [3.63, 3.8) is 0 Å². The molecule has 100 valence electrons. The molecule has 2 atom stereocenters. The Morgan fingerprint density at radius 2 is 1.89 bits per heavy atom. The average molecular weight is 250 g/mol. The van der Waals surface area contributed by atoms with Crippen molar-refractivity contribution in [3.8, 4) is 0 Å². The van der Waals surface area contributed by atoms with Crippen molar-refractivity contribution in [1.29, 1.82) is 0 Å². The van der Waals surface area contributed by atoms with Crippen LogP contribution in [0.25, 0.3) is 0 Å². The summed E-state index contributed by atoms with van der Waals surface area (Å²) < 4.78 is 5.73. The summed E-state index contributed by atoms with van der Waals surface area (Å²) in [6, 6.07) is 1.84. The van der Waals surface area contributed by atoms with Gasteiger partial charge in [-0.3, -0.25) is 0 Å². The minimum absolute atomic E-state index is 0.215. The van der Waals surface area contributed by atoms with Crippen molar-refractivity contribution >= 4 is 11.6 Å². The van der Waals surface area contributed by atoms with E-state index < -0.39 is 0 Å². The third kappa shape index (κ3) is 2.90. The van der Waals surface area contributed by atoms with Crippen LogP contribution in [0.5, 0.6) is 0 Å². The molecular formula is C13H22N4O. The highest BCUT2D eigenvalue weighted by molar-refractivity contribution is 5.47. The molecule has 1 aliphatic rings. The van der Waals surface area contributed by atoms with Gasteiger partial charge in [-0.2, -0.15) is 0 Å². The van der Waals surface area contributed by atoms with E-state index in [0.717, 1.165) is 24.7 Å². The van der Waals surface area contributed by atoms with Gasteiger partial charge in [0.05, 0.1) is 12.2 Å². The fourth-order valence-corrected chi connectivity index (χ4v) is 2.26. The van der Waals surface area contributed by atoms with Crippen molar-refractivity contribution in [2.45, 2.75) is 45.8 Å². The highest BCUT2D eigenvalue weighted by Crippen LogP contribution is 2.22. The lowest BCUT2D eigenvalue weighted by molar-refractivity contribution is -0.00547. The lowest BCUT2D eigenvalue weighted by Gasteiger charge is -2.36. The number of nitrogen functional groups attached to an aromatic ring is 1. The fourth-order valence-electron chi connectivity index (χ4n) is 2.26. The highest BCUT2D eigenvalue weighted by Gasteiger charge is 2.24. The minimum atomic E-state index is 0.215. The Kier molecular flexibility index (Phi) is 3.71. The molecule has 1 fully saturated rings. The fraction of sp³-hybridized carbons (Fsp3) is 0.692. The SMILES string of the molecule is CC1CN(c2cc(N)nc(C(C)C)n2)CC(C)O1. The zero-order valence-corrected chi connectivity index (χ0v) is 11.6. The summed E-state index contributed by atoms with van der Waals surface area (Å²) in [7, 11) is 0. The van der Waals surface area contributed by atoms with E-state index in [1.54, 1.807) is 0 Å². The maximum absolute atomic E-state index is 5.86. The summed E-state index contributed by atoms with van der Waals surface area (Å²) in [5.74, 6) is 2.53. The van der Waals surface area contributed by atoms with E-state index in [1.807, 2.05) is 6.07 Å². The van der Waals surface area contributed by atoms with Gasteiger partial charge < -0.3 is 15.4 Å². The molecule has 2 N–H and O–H groups in total. The lowest BCUT2D eigenvalue weighted by atomic mass is 10.2. The van der Waals surface area contributed by atoms with Gasteiger partial charge in [0.15, 0.2) is 0 Å². The first-order valence-electron chi connectivity index (χ1n) is 6.50. The van der Waals surface area contributed by atoms with E-state index in [0.29, 0.717) is 5.82 Å². The Balaban J connectivity index is 2.26. The van der Waals surface area contributed by atoms with Crippen molar-refractivity contribution in [2.75, 3.05) is 23.7 Å². The predicted molar refractivity (Wildman–Crippen MR) is 72.8 cm³/mol. The molecule has 0 saturated carbocycles. The Hall–Kier alpha value is -1.36. The Morgan fingerprint density at radius 3 is 2.44 bits per heavy atom. The number of hydrogen-bond donors (Lipinski definition) is 1. The third-order valence-electron chi connectivity index (χ3n) is 3.01. The van der Waals surface area contributed by atoms with Crippen LogP contribution < -0.4 is 10.6 Å². The molecule has 0 spiro atoms. The number of nitrogens with two attached hydrogens (primary N) is 1. The first-order valence-corrected chi connectivity index (χ1v) is 6.50. The summed E-state index contributed by atoms with van der Waals surface area (Å²) in [6.07, 6.45) is 0.430. The van der Waals surface area contributed by atoms with Gasteiger partial charge >= 0.3 is 0 Å². The third-order valence-corrected chi connectivity index (χ3v) is 3.01. The second-order valence-corrected chi connectivity index (χ2v) is 5.33. The van der Waals surface area contributed by atoms with Crippen LogP contribution in [0.15, 0.2) is 6.07 Å². The highest BCUT2D eigenvalue weighted by atomic mass is 16.5. The van der Waals surface area contributed by atoms with E-state index in [9.17, 15) is 0 Å². The molecule has 0 aromatic carbocycles. The van der Waals surface area contributed by atoms with Crippen molar-refractivity contribution in [1.82, 2.24) is 9.97 Å². The van der Waals surface area contributed by atoms with Crippen LogP contribution in [-0.2, 0) is 4.74 Å². The van der Waals surface area contributed by atoms with E-state index in [4.69, 9.17) is 10.5 Å². The summed E-state index contributed by atoms with van der Waals surface area (Å²) in [4.78, 5) is 11.1. The molecule has 0 radical (unpaired) electrons. The Bertz CT molecular complexity index is 411. The number of aromatic nitrogens is 2. The van der Waals surface area contributed by atoms with Crippen LogP contribution in [0, 0.1) is 0 Å². The Morgan fingerprint density at radius 1 is 1.28 bits per heavy atom. The number of rotatable bonds is 2. The molecule has 0 amide bonds. The number of nitrogens with zero attached hydrogens (tertiary/aromatic N) is 3. The molecule has 2 unspecified atom stereocenters. The second kappa shape index (κ2) is 5.10. The topological polar surface area (TPSA) is 64.3 Å². The monoisotopic (exact) mass is 250 g/mol. The first-order chi connectivity index (χ1) is 8.45. The van der Waals surface area contributed by atoms with E-state index in [2.05, 4.69) is 42.6 Å². The maximum Gasteiger partial charge on any atom is 0.135 e. The zero-order chi connectivity index (χ0) is 13.3. The normalized spacial score (nSPS) is 24.6. The van der Waals surface area contributed by atoms with Crippen LogP contribution >= 0.6 is 0 Å². The molecule has 2 rings (SSSR count). The summed E-state index contributed by atoms with van der Waals surface area (Å²) in [5, 5.41) is 0. The van der Waals surface area contributed by atoms with Gasteiger partial charge in [-0.1, -0.05) is 13.8 Å². The molecule has 5 heteroatoms. The smallest absolute Gasteiger partial charge is 0.135 e. The molecule has 1 aliphatic heterocycles. The van der Waals surface area contributed by atoms with Gasteiger partial charge in [-0.15, -0.1) is 0 Å². The molecule has 0 bridgehead atoms. The summed E-state index contributed by atoms with van der Waals surface area (Å²) in [6.45, 7) is 10.00. The predicted octanol–water partition coefficient (Wildman–Crippen LogP) is 1.80. The molecule has 5 nitrogen and oxygen atoms in total. The standard InChI is InChI=1S/C13H22N4O/c1-8(2)13-15-11(14)5-12(16-13)17-6-9(3)18-10(4)7-17/h5,8-10H,6-7H2,1-4H3,(H2,14,15,16). The van der Waals surface area contributed by atoms with E-state index >= 15 is 0 Å². The van der Waals surface area contributed by atoms with Gasteiger partial charge in [-0.25, -0.2) is 9.97 Å². The number of hydrogen-bond acceptors (Lipinski definition) is 5. The lowest BCUT2D eigenvalue weighted by Crippen LogP contribution is -2.46. The largest absolute Gasteiger partial charge is 0.384 e. The number of anilines is 2. The van der Waals surface area contributed by atoms with Crippen LogP contribution in [-0.4, -0.2) is 35.3 Å². The van der Waals surface area contributed by atoms with Crippen LogP contribution in [0.4, 0.5) is 11.6 Å².